The fourth-order valence-electron chi connectivity index (χ4n) is 2.84. The number of nitrogens with one attached hydrogen (secondary N) is 1. The molecule has 1 N–H and O–H groups in total. The van der Waals surface area contributed by atoms with E-state index in [1.807, 2.05) is 7.05 Å². The Hall–Kier alpha value is -0.980. The summed E-state index contributed by atoms with van der Waals surface area (Å²) in [6.45, 7) is 7.38. The first kappa shape index (κ1) is 15.4. The van der Waals surface area contributed by atoms with Gasteiger partial charge in [0.05, 0.1) is 12.0 Å². The first-order chi connectivity index (χ1) is 9.56. The molecule has 2 rings (SSSR count). The predicted molar refractivity (Wildman–Crippen MR) is 78.7 cm³/mol. The molecule has 0 aliphatic carbocycles. The summed E-state index contributed by atoms with van der Waals surface area (Å²) in [7, 11) is 6.24. The first-order valence-corrected chi connectivity index (χ1v) is 7.46. The Kier molecular flexibility index (Phi) is 5.12. The van der Waals surface area contributed by atoms with Crippen molar-refractivity contribution in [1.82, 2.24) is 25.3 Å². The van der Waals surface area contributed by atoms with Crippen LogP contribution in [0.15, 0.2) is 4.52 Å². The lowest BCUT2D eigenvalue weighted by Crippen LogP contribution is -2.45. The van der Waals surface area contributed by atoms with E-state index in [1.165, 1.54) is 0 Å². The molecule has 0 saturated carbocycles. The van der Waals surface area contributed by atoms with E-state index in [1.54, 1.807) is 0 Å². The number of piperazine rings is 1. The smallest absolute Gasteiger partial charge is 0.231 e. The van der Waals surface area contributed by atoms with Crippen LogP contribution in [0.5, 0.6) is 0 Å². The second kappa shape index (κ2) is 6.65. The van der Waals surface area contributed by atoms with Crippen LogP contribution in [-0.2, 0) is 0 Å². The van der Waals surface area contributed by atoms with Gasteiger partial charge in [0, 0.05) is 25.7 Å². The molecule has 1 saturated heterocycles. The second-order valence-corrected chi connectivity index (χ2v) is 5.84. The lowest BCUT2D eigenvalue weighted by atomic mass is 10.00. The Morgan fingerprint density at radius 2 is 2.15 bits per heavy atom. The van der Waals surface area contributed by atoms with E-state index in [0.29, 0.717) is 6.04 Å². The van der Waals surface area contributed by atoms with E-state index >= 15 is 0 Å². The van der Waals surface area contributed by atoms with Crippen LogP contribution in [0.4, 0.5) is 0 Å². The topological polar surface area (TPSA) is 57.4 Å². The summed E-state index contributed by atoms with van der Waals surface area (Å²) in [5.74, 6) is 1.78. The summed E-state index contributed by atoms with van der Waals surface area (Å²) in [5, 5.41) is 7.52. The highest BCUT2D eigenvalue weighted by atomic mass is 16.5. The Morgan fingerprint density at radius 3 is 2.80 bits per heavy atom. The summed E-state index contributed by atoms with van der Waals surface area (Å²) >= 11 is 0. The molecule has 20 heavy (non-hydrogen) atoms. The summed E-state index contributed by atoms with van der Waals surface area (Å²) in [6.07, 6.45) is 1.04. The van der Waals surface area contributed by atoms with Gasteiger partial charge in [0.25, 0.3) is 0 Å². The van der Waals surface area contributed by atoms with Crippen molar-refractivity contribution in [3.63, 3.8) is 0 Å². The molecule has 0 bridgehead atoms. The van der Waals surface area contributed by atoms with Gasteiger partial charge in [-0.05, 0) is 27.6 Å². The number of aromatic nitrogens is 2. The molecule has 1 aliphatic heterocycles. The molecule has 6 nitrogen and oxygen atoms in total. The van der Waals surface area contributed by atoms with Crippen LogP contribution in [0.1, 0.15) is 43.9 Å². The zero-order chi connectivity index (χ0) is 14.7. The van der Waals surface area contributed by atoms with Gasteiger partial charge in [-0.25, -0.2) is 0 Å². The van der Waals surface area contributed by atoms with Crippen LogP contribution in [0.25, 0.3) is 0 Å². The van der Waals surface area contributed by atoms with Crippen molar-refractivity contribution < 1.29 is 4.52 Å². The van der Waals surface area contributed by atoms with E-state index in [-0.39, 0.29) is 12.0 Å². The molecular formula is C14H27N5O. The molecule has 2 heterocycles. The van der Waals surface area contributed by atoms with Crippen molar-refractivity contribution in [3.05, 3.63) is 11.7 Å². The highest BCUT2D eigenvalue weighted by molar-refractivity contribution is 5.02. The van der Waals surface area contributed by atoms with E-state index in [4.69, 9.17) is 4.52 Å². The third-order valence-corrected chi connectivity index (χ3v) is 4.41. The summed E-state index contributed by atoms with van der Waals surface area (Å²) < 4.78 is 5.50. The van der Waals surface area contributed by atoms with Gasteiger partial charge in [-0.3, -0.25) is 4.90 Å². The highest BCUT2D eigenvalue weighted by Gasteiger charge is 2.29. The number of hydrogen-bond donors (Lipinski definition) is 1. The minimum Gasteiger partial charge on any atom is -0.339 e. The number of rotatable bonds is 5. The second-order valence-electron chi connectivity index (χ2n) is 5.84. The van der Waals surface area contributed by atoms with Crippen LogP contribution in [0.3, 0.4) is 0 Å². The fraction of sp³-hybridized carbons (Fsp3) is 0.857. The van der Waals surface area contributed by atoms with Crippen LogP contribution in [-0.4, -0.2) is 66.8 Å². The molecule has 0 amide bonds. The van der Waals surface area contributed by atoms with E-state index in [9.17, 15) is 0 Å². The van der Waals surface area contributed by atoms with Gasteiger partial charge < -0.3 is 14.7 Å². The van der Waals surface area contributed by atoms with Crippen molar-refractivity contribution in [2.45, 2.75) is 38.3 Å². The van der Waals surface area contributed by atoms with Crippen LogP contribution in [0, 0.1) is 0 Å². The Balaban J connectivity index is 2.11. The van der Waals surface area contributed by atoms with E-state index in [0.717, 1.165) is 37.8 Å². The van der Waals surface area contributed by atoms with Gasteiger partial charge in [0.2, 0.25) is 5.89 Å². The monoisotopic (exact) mass is 281 g/mol. The Bertz CT molecular complexity index is 417. The maximum atomic E-state index is 5.50. The molecule has 0 aromatic carbocycles. The van der Waals surface area contributed by atoms with Crippen LogP contribution < -0.4 is 5.32 Å². The molecule has 1 aromatic rings. The highest BCUT2D eigenvalue weighted by Crippen LogP contribution is 2.24. The number of nitrogens with zero attached hydrogens (tertiary/aromatic N) is 4. The van der Waals surface area contributed by atoms with Crippen molar-refractivity contribution in [2.24, 2.45) is 0 Å². The van der Waals surface area contributed by atoms with Gasteiger partial charge >= 0.3 is 0 Å². The zero-order valence-electron chi connectivity index (χ0n) is 13.3. The minimum atomic E-state index is 0.230. The number of hydrogen-bond acceptors (Lipinski definition) is 6. The van der Waals surface area contributed by atoms with Crippen LogP contribution >= 0.6 is 0 Å². The standard InChI is InChI=1S/C14H27N5O/c1-6-11(15-3)10(2)14-16-13(17-20-14)12-9-18(4)7-8-19(12)5/h10-12,15H,6-9H2,1-5H3. The quantitative estimate of drug-likeness (QED) is 0.872. The average molecular weight is 281 g/mol. The lowest BCUT2D eigenvalue weighted by Gasteiger charge is -2.35. The summed E-state index contributed by atoms with van der Waals surface area (Å²) in [6, 6.07) is 0.600. The number of likely N-dealkylation sites (N-methyl/N-ethyl adjacent to an activating group) is 3. The molecule has 3 atom stereocenters. The minimum absolute atomic E-state index is 0.230. The molecule has 3 unspecified atom stereocenters. The molecule has 0 radical (unpaired) electrons. The molecule has 1 aliphatic rings. The summed E-state index contributed by atoms with van der Waals surface area (Å²) in [5.41, 5.74) is 0. The molecule has 6 heteroatoms. The Labute approximate surface area is 121 Å². The van der Waals surface area contributed by atoms with Crippen LogP contribution in [0.2, 0.25) is 0 Å². The predicted octanol–water partition coefficient (Wildman–Crippen LogP) is 1.09. The third kappa shape index (κ3) is 3.19. The molecule has 1 aromatic heterocycles. The molecule has 0 spiro atoms. The maximum absolute atomic E-state index is 5.50. The SMILES string of the molecule is CCC(NC)C(C)c1nc(C2CN(C)CCN2C)no1. The third-order valence-electron chi connectivity index (χ3n) is 4.41. The van der Waals surface area contributed by atoms with Gasteiger partial charge in [0.1, 0.15) is 0 Å². The van der Waals surface area contributed by atoms with Crippen molar-refractivity contribution in [1.29, 1.82) is 0 Å². The van der Waals surface area contributed by atoms with Crippen molar-refractivity contribution in [2.75, 3.05) is 40.8 Å². The Morgan fingerprint density at radius 1 is 1.40 bits per heavy atom. The van der Waals surface area contributed by atoms with E-state index < -0.39 is 0 Å². The van der Waals surface area contributed by atoms with Crippen molar-refractivity contribution in [3.8, 4) is 0 Å². The first-order valence-electron chi connectivity index (χ1n) is 7.46. The summed E-state index contributed by atoms with van der Waals surface area (Å²) in [4.78, 5) is 9.26. The van der Waals surface area contributed by atoms with E-state index in [2.05, 4.69) is 53.2 Å². The molecule has 114 valence electrons. The van der Waals surface area contributed by atoms with Gasteiger partial charge in [-0.15, -0.1) is 0 Å². The largest absolute Gasteiger partial charge is 0.339 e. The lowest BCUT2D eigenvalue weighted by molar-refractivity contribution is 0.108. The fourth-order valence-corrected chi connectivity index (χ4v) is 2.84. The zero-order valence-corrected chi connectivity index (χ0v) is 13.3. The van der Waals surface area contributed by atoms with Gasteiger partial charge in [0.15, 0.2) is 5.82 Å². The maximum Gasteiger partial charge on any atom is 0.231 e. The molecule has 1 fully saturated rings. The average Bonchev–Trinajstić information content (AvgIpc) is 2.92. The van der Waals surface area contributed by atoms with Gasteiger partial charge in [-0.1, -0.05) is 19.0 Å². The normalized spacial score (nSPS) is 24.8. The van der Waals surface area contributed by atoms with Crippen molar-refractivity contribution >= 4 is 0 Å². The van der Waals surface area contributed by atoms with Gasteiger partial charge in [-0.2, -0.15) is 4.98 Å². The molecular weight excluding hydrogens is 254 g/mol.